The van der Waals surface area contributed by atoms with Crippen molar-refractivity contribution in [2.45, 2.75) is 13.5 Å². The van der Waals surface area contributed by atoms with Gasteiger partial charge in [-0.2, -0.15) is 0 Å². The van der Waals surface area contributed by atoms with E-state index in [0.29, 0.717) is 43.9 Å². The van der Waals surface area contributed by atoms with Crippen LogP contribution in [0.25, 0.3) is 32.4 Å². The summed E-state index contributed by atoms with van der Waals surface area (Å²) in [5.74, 6) is -0.110. The van der Waals surface area contributed by atoms with Crippen LogP contribution in [0.3, 0.4) is 0 Å². The lowest BCUT2D eigenvalue weighted by molar-refractivity contribution is 0.0963. The second-order valence-electron chi connectivity index (χ2n) is 7.26. The van der Waals surface area contributed by atoms with Gasteiger partial charge < -0.3 is 0 Å². The maximum absolute atomic E-state index is 13.2. The lowest BCUT2D eigenvalue weighted by atomic mass is 10.1. The van der Waals surface area contributed by atoms with Gasteiger partial charge in [-0.1, -0.05) is 41.9 Å². The summed E-state index contributed by atoms with van der Waals surface area (Å²) in [5, 5.41) is 1.23. The van der Waals surface area contributed by atoms with Gasteiger partial charge in [-0.15, -0.1) is 11.3 Å². The lowest BCUT2D eigenvalue weighted by Crippen LogP contribution is -2.34. The van der Waals surface area contributed by atoms with E-state index in [1.807, 2.05) is 43.3 Å². The molecule has 0 atom stereocenters. The molecule has 0 unspecified atom stereocenters. The number of carbonyl (C=O) groups excluding carboxylic acids is 1. The maximum Gasteiger partial charge on any atom is 0.270 e. The molecular formula is C24H18ClN5O2S. The molecule has 1 amide bonds. The first-order valence-electron chi connectivity index (χ1n) is 10.3. The number of carbonyl (C=O) groups is 1. The molecule has 7 nitrogen and oxygen atoms in total. The summed E-state index contributed by atoms with van der Waals surface area (Å²) < 4.78 is 2.12. The Balaban J connectivity index is 1.52. The average molecular weight is 476 g/mol. The smallest absolute Gasteiger partial charge is 0.270 e. The van der Waals surface area contributed by atoms with Crippen LogP contribution in [0.15, 0.2) is 71.5 Å². The van der Waals surface area contributed by atoms with E-state index in [1.54, 1.807) is 30.3 Å². The third-order valence-corrected chi connectivity index (χ3v) is 6.51. The molecule has 9 heteroatoms. The fourth-order valence-electron chi connectivity index (χ4n) is 3.68. The molecule has 0 aliphatic rings. The van der Waals surface area contributed by atoms with E-state index in [2.05, 4.69) is 20.8 Å². The number of para-hydroxylation sites is 2. The van der Waals surface area contributed by atoms with Crippen molar-refractivity contribution < 1.29 is 4.79 Å². The lowest BCUT2D eigenvalue weighted by Gasteiger charge is -2.15. The maximum atomic E-state index is 13.2. The van der Waals surface area contributed by atoms with Crippen LogP contribution >= 0.6 is 22.9 Å². The van der Waals surface area contributed by atoms with Gasteiger partial charge in [0.15, 0.2) is 0 Å². The SMILES string of the molecule is CCn1c(NNC(=O)c2cc(-c3ccc(Cl)s3)nc3ccccc23)nc2ccccc2c1=O. The highest BCUT2D eigenvalue weighted by molar-refractivity contribution is 7.19. The standard InChI is InChI=1S/C24H18ClN5O2S/c1-2-30-23(32)15-8-4-6-10-18(15)27-24(30)29-28-22(31)16-13-19(20-11-12-21(25)33-20)26-17-9-5-3-7-14(16)17/h3-13H,2H2,1H3,(H,27,29)(H,28,31). The first-order valence-corrected chi connectivity index (χ1v) is 11.5. The predicted octanol–water partition coefficient (Wildman–Crippen LogP) is 5.10. The van der Waals surface area contributed by atoms with Crippen LogP contribution in [-0.4, -0.2) is 20.4 Å². The summed E-state index contributed by atoms with van der Waals surface area (Å²) in [6.45, 7) is 2.25. The monoisotopic (exact) mass is 475 g/mol. The second kappa shape index (κ2) is 8.65. The molecule has 5 aromatic rings. The van der Waals surface area contributed by atoms with Crippen molar-refractivity contribution in [2.75, 3.05) is 5.43 Å². The predicted molar refractivity (Wildman–Crippen MR) is 133 cm³/mol. The normalized spacial score (nSPS) is 11.1. The van der Waals surface area contributed by atoms with Crippen LogP contribution in [0, 0.1) is 0 Å². The first-order chi connectivity index (χ1) is 16.0. The van der Waals surface area contributed by atoms with Crippen molar-refractivity contribution in [1.29, 1.82) is 0 Å². The van der Waals surface area contributed by atoms with Gasteiger partial charge in [0.05, 0.1) is 36.9 Å². The van der Waals surface area contributed by atoms with Crippen molar-refractivity contribution in [2.24, 2.45) is 0 Å². The van der Waals surface area contributed by atoms with Crippen LogP contribution in [-0.2, 0) is 6.54 Å². The summed E-state index contributed by atoms with van der Waals surface area (Å²) in [4.78, 5) is 36.1. The zero-order chi connectivity index (χ0) is 22.9. The van der Waals surface area contributed by atoms with Gasteiger partial charge in [-0.05, 0) is 43.3 Å². The van der Waals surface area contributed by atoms with Gasteiger partial charge in [0.2, 0.25) is 5.95 Å². The largest absolute Gasteiger partial charge is 0.277 e. The van der Waals surface area contributed by atoms with Crippen LogP contribution in [0.2, 0.25) is 4.34 Å². The molecule has 3 aromatic heterocycles. The van der Waals surface area contributed by atoms with Crippen LogP contribution < -0.4 is 16.4 Å². The van der Waals surface area contributed by atoms with Crippen LogP contribution in [0.4, 0.5) is 5.95 Å². The number of hydrazine groups is 1. The number of nitrogens with one attached hydrogen (secondary N) is 2. The minimum atomic E-state index is -0.373. The molecule has 0 aliphatic carbocycles. The molecule has 0 spiro atoms. The minimum Gasteiger partial charge on any atom is -0.277 e. The third kappa shape index (κ3) is 3.94. The molecule has 0 saturated carbocycles. The number of nitrogens with zero attached hydrogens (tertiary/aromatic N) is 3. The quantitative estimate of drug-likeness (QED) is 0.345. The third-order valence-electron chi connectivity index (χ3n) is 5.25. The molecule has 0 fully saturated rings. The molecular weight excluding hydrogens is 458 g/mol. The van der Waals surface area contributed by atoms with Crippen molar-refractivity contribution >= 4 is 56.6 Å². The fraction of sp³-hybridized carbons (Fsp3) is 0.0833. The fourth-order valence-corrected chi connectivity index (χ4v) is 4.68. The number of rotatable bonds is 5. The Morgan fingerprint density at radius 2 is 1.70 bits per heavy atom. The summed E-state index contributed by atoms with van der Waals surface area (Å²) in [7, 11) is 0. The van der Waals surface area contributed by atoms with Gasteiger partial charge in [0.25, 0.3) is 11.5 Å². The van der Waals surface area contributed by atoms with Crippen molar-refractivity contribution in [3.63, 3.8) is 0 Å². The molecule has 2 N–H and O–H groups in total. The zero-order valence-electron chi connectivity index (χ0n) is 17.5. The Morgan fingerprint density at radius 1 is 1.00 bits per heavy atom. The second-order valence-corrected chi connectivity index (χ2v) is 8.97. The van der Waals surface area contributed by atoms with Gasteiger partial charge in [0, 0.05) is 11.9 Å². The van der Waals surface area contributed by atoms with E-state index in [9.17, 15) is 9.59 Å². The van der Waals surface area contributed by atoms with E-state index < -0.39 is 0 Å². The van der Waals surface area contributed by atoms with E-state index >= 15 is 0 Å². The Hall–Kier alpha value is -3.75. The van der Waals surface area contributed by atoms with Gasteiger partial charge in [-0.25, -0.2) is 9.97 Å². The minimum absolute atomic E-state index is 0.175. The number of amides is 1. The van der Waals surface area contributed by atoms with Crippen molar-refractivity contribution in [3.8, 4) is 10.6 Å². The molecule has 2 aromatic carbocycles. The summed E-state index contributed by atoms with van der Waals surface area (Å²) in [6, 6.07) is 20.0. The number of pyridine rings is 1. The van der Waals surface area contributed by atoms with Crippen molar-refractivity contribution in [1.82, 2.24) is 20.0 Å². The Kier molecular flexibility index (Phi) is 5.53. The van der Waals surface area contributed by atoms with Gasteiger partial charge >= 0.3 is 0 Å². The summed E-state index contributed by atoms with van der Waals surface area (Å²) in [6.07, 6.45) is 0. The molecule has 164 valence electrons. The van der Waals surface area contributed by atoms with Crippen LogP contribution in [0.5, 0.6) is 0 Å². The number of hydrogen-bond acceptors (Lipinski definition) is 6. The Labute approximate surface area is 197 Å². The first kappa shape index (κ1) is 21.1. The zero-order valence-corrected chi connectivity index (χ0v) is 19.1. The van der Waals surface area contributed by atoms with Gasteiger partial charge in [-0.3, -0.25) is 25.0 Å². The number of halogens is 1. The number of thiophene rings is 1. The van der Waals surface area contributed by atoms with Gasteiger partial charge in [0.1, 0.15) is 0 Å². The number of aromatic nitrogens is 3. The molecule has 3 heterocycles. The van der Waals surface area contributed by atoms with Crippen molar-refractivity contribution in [3.05, 3.63) is 87.0 Å². The van der Waals surface area contributed by atoms with E-state index in [-0.39, 0.29) is 17.4 Å². The average Bonchev–Trinajstić information content (AvgIpc) is 3.28. The number of benzene rings is 2. The highest BCUT2D eigenvalue weighted by Crippen LogP contribution is 2.32. The molecule has 0 aliphatic heterocycles. The molecule has 0 radical (unpaired) electrons. The van der Waals surface area contributed by atoms with Crippen LogP contribution in [0.1, 0.15) is 17.3 Å². The number of anilines is 1. The van der Waals surface area contributed by atoms with E-state index in [1.165, 1.54) is 15.9 Å². The Bertz CT molecular complexity index is 1580. The highest BCUT2D eigenvalue weighted by atomic mass is 35.5. The topological polar surface area (TPSA) is 88.9 Å². The highest BCUT2D eigenvalue weighted by Gasteiger charge is 2.16. The summed E-state index contributed by atoms with van der Waals surface area (Å²) in [5.41, 5.74) is 7.70. The molecule has 5 rings (SSSR count). The number of hydrogen-bond donors (Lipinski definition) is 2. The Morgan fingerprint density at radius 3 is 2.39 bits per heavy atom. The summed E-state index contributed by atoms with van der Waals surface area (Å²) >= 11 is 7.49. The van der Waals surface area contributed by atoms with E-state index in [4.69, 9.17) is 11.6 Å². The number of fused-ring (bicyclic) bond motifs is 2. The van der Waals surface area contributed by atoms with E-state index in [0.717, 1.165) is 4.88 Å². The molecule has 0 bridgehead atoms. The molecule has 33 heavy (non-hydrogen) atoms. The molecule has 0 saturated heterocycles.